The number of fused-ring (bicyclic) bond motifs is 6. The van der Waals surface area contributed by atoms with Gasteiger partial charge in [-0.2, -0.15) is 0 Å². The van der Waals surface area contributed by atoms with Crippen LogP contribution in [0.25, 0.3) is 0 Å². The summed E-state index contributed by atoms with van der Waals surface area (Å²) in [6.07, 6.45) is 12.8. The molecule has 0 saturated heterocycles. The zero-order valence-electron chi connectivity index (χ0n) is 22.0. The lowest BCUT2D eigenvalue weighted by molar-refractivity contribution is -0.185. The minimum atomic E-state index is -0.167. The summed E-state index contributed by atoms with van der Waals surface area (Å²) in [5.74, 6) is 1.73. The molecular formula is C30H48O2. The SMILES string of the molecule is CC1(C)CC[C@]2(CO)CC[C@]3(C)C(=C2C1)CC[C@@H]1[C@]2(C)CCC(=O)C(C)(C)[C@@H]2CC[C@]13C. The van der Waals surface area contributed by atoms with Crippen molar-refractivity contribution in [3.63, 3.8) is 0 Å². The van der Waals surface area contributed by atoms with Crippen molar-refractivity contribution in [2.75, 3.05) is 6.61 Å². The number of carbonyl (C=O) groups excluding carboxylic acids is 1. The van der Waals surface area contributed by atoms with Crippen molar-refractivity contribution in [3.05, 3.63) is 11.1 Å². The predicted octanol–water partition coefficient (Wildman–Crippen LogP) is 7.49. The van der Waals surface area contributed by atoms with Gasteiger partial charge in [0.25, 0.3) is 0 Å². The van der Waals surface area contributed by atoms with Gasteiger partial charge in [-0.05, 0) is 97.7 Å². The number of aliphatic hydroxyl groups excluding tert-OH is 1. The molecule has 32 heavy (non-hydrogen) atoms. The van der Waals surface area contributed by atoms with E-state index < -0.39 is 0 Å². The number of carbonyl (C=O) groups is 1. The quantitative estimate of drug-likeness (QED) is 0.429. The zero-order valence-corrected chi connectivity index (χ0v) is 22.0. The predicted molar refractivity (Wildman–Crippen MR) is 131 cm³/mol. The normalized spacial score (nSPS) is 49.6. The van der Waals surface area contributed by atoms with Gasteiger partial charge in [0.1, 0.15) is 5.78 Å². The number of hydrogen-bond donors (Lipinski definition) is 1. The fourth-order valence-corrected chi connectivity index (χ4v) is 10.4. The van der Waals surface area contributed by atoms with Crippen LogP contribution >= 0.6 is 0 Å². The maximum atomic E-state index is 12.9. The van der Waals surface area contributed by atoms with Gasteiger partial charge in [0.05, 0.1) is 6.61 Å². The highest BCUT2D eigenvalue weighted by Crippen LogP contribution is 2.75. The molecule has 0 aromatic rings. The number of allylic oxidation sites excluding steroid dienone is 1. The number of ketones is 1. The van der Waals surface area contributed by atoms with Gasteiger partial charge in [-0.3, -0.25) is 4.79 Å². The minimum Gasteiger partial charge on any atom is -0.395 e. The van der Waals surface area contributed by atoms with Gasteiger partial charge in [-0.1, -0.05) is 59.6 Å². The number of hydrogen-bond acceptors (Lipinski definition) is 2. The van der Waals surface area contributed by atoms with Crippen molar-refractivity contribution in [2.24, 2.45) is 44.3 Å². The molecule has 5 rings (SSSR count). The third kappa shape index (κ3) is 2.71. The van der Waals surface area contributed by atoms with E-state index in [0.717, 1.165) is 12.8 Å². The van der Waals surface area contributed by atoms with E-state index in [1.165, 1.54) is 57.8 Å². The summed E-state index contributed by atoms with van der Waals surface area (Å²) in [6, 6.07) is 0. The molecule has 180 valence electrons. The summed E-state index contributed by atoms with van der Waals surface area (Å²) in [5.41, 5.74) is 4.52. The molecule has 0 heterocycles. The average Bonchev–Trinajstić information content (AvgIpc) is 2.71. The zero-order chi connectivity index (χ0) is 23.4. The van der Waals surface area contributed by atoms with E-state index in [1.54, 1.807) is 11.1 Å². The molecule has 4 fully saturated rings. The highest BCUT2D eigenvalue weighted by atomic mass is 16.3. The van der Waals surface area contributed by atoms with Crippen LogP contribution in [0.5, 0.6) is 0 Å². The largest absolute Gasteiger partial charge is 0.395 e. The molecule has 2 heteroatoms. The highest BCUT2D eigenvalue weighted by Gasteiger charge is 2.67. The van der Waals surface area contributed by atoms with E-state index in [2.05, 4.69) is 48.5 Å². The molecule has 5 aliphatic carbocycles. The van der Waals surface area contributed by atoms with Crippen LogP contribution in [0.1, 0.15) is 119 Å². The second kappa shape index (κ2) is 6.73. The third-order valence-corrected chi connectivity index (χ3v) is 12.7. The van der Waals surface area contributed by atoms with Gasteiger partial charge in [0.15, 0.2) is 0 Å². The maximum absolute atomic E-state index is 12.9. The Kier molecular flexibility index (Phi) is 4.87. The van der Waals surface area contributed by atoms with E-state index in [9.17, 15) is 9.90 Å². The first kappa shape index (κ1) is 23.1. The van der Waals surface area contributed by atoms with Crippen molar-refractivity contribution >= 4 is 5.78 Å². The second-order valence-corrected chi connectivity index (χ2v) is 14.8. The Morgan fingerprint density at radius 2 is 1.47 bits per heavy atom. The van der Waals surface area contributed by atoms with Crippen LogP contribution < -0.4 is 0 Å². The van der Waals surface area contributed by atoms with E-state index in [1.807, 2.05) is 0 Å². The monoisotopic (exact) mass is 440 g/mol. The number of rotatable bonds is 1. The number of Topliss-reactive ketones (excluding diaryl/α,β-unsaturated/α-hetero) is 1. The summed E-state index contributed by atoms with van der Waals surface area (Å²) < 4.78 is 0. The van der Waals surface area contributed by atoms with Crippen molar-refractivity contribution in [1.82, 2.24) is 0 Å². The third-order valence-electron chi connectivity index (χ3n) is 12.7. The Morgan fingerprint density at radius 1 is 0.781 bits per heavy atom. The Bertz CT molecular complexity index is 864. The fourth-order valence-electron chi connectivity index (χ4n) is 10.4. The van der Waals surface area contributed by atoms with Crippen molar-refractivity contribution in [2.45, 2.75) is 119 Å². The molecule has 0 bridgehead atoms. The Balaban J connectivity index is 1.61. The molecule has 0 aromatic carbocycles. The fraction of sp³-hybridized carbons (Fsp3) is 0.900. The molecule has 1 N–H and O–H groups in total. The first-order valence-corrected chi connectivity index (χ1v) is 13.6. The minimum absolute atomic E-state index is 0.0634. The first-order valence-electron chi connectivity index (χ1n) is 13.6. The van der Waals surface area contributed by atoms with Crippen LogP contribution in [-0.4, -0.2) is 17.5 Å². The van der Waals surface area contributed by atoms with Crippen molar-refractivity contribution in [3.8, 4) is 0 Å². The first-order chi connectivity index (χ1) is 14.8. The molecule has 0 unspecified atom stereocenters. The lowest BCUT2D eigenvalue weighted by Gasteiger charge is -2.70. The van der Waals surface area contributed by atoms with E-state index >= 15 is 0 Å². The molecule has 0 radical (unpaired) electrons. The summed E-state index contributed by atoms with van der Waals surface area (Å²) in [6.45, 7) is 17.5. The van der Waals surface area contributed by atoms with Gasteiger partial charge in [-0.15, -0.1) is 0 Å². The molecule has 5 aliphatic rings. The van der Waals surface area contributed by atoms with Gasteiger partial charge in [0.2, 0.25) is 0 Å². The maximum Gasteiger partial charge on any atom is 0.138 e. The average molecular weight is 441 g/mol. The summed E-state index contributed by atoms with van der Waals surface area (Å²) in [5, 5.41) is 10.6. The molecular weight excluding hydrogens is 392 g/mol. The molecule has 2 nitrogen and oxygen atoms in total. The van der Waals surface area contributed by atoms with Gasteiger partial charge >= 0.3 is 0 Å². The van der Waals surface area contributed by atoms with Crippen molar-refractivity contribution in [1.29, 1.82) is 0 Å². The molecule has 0 amide bonds. The lowest BCUT2D eigenvalue weighted by Crippen LogP contribution is -2.63. The smallest absolute Gasteiger partial charge is 0.138 e. The second-order valence-electron chi connectivity index (χ2n) is 14.8. The Labute approximate surface area is 197 Å². The summed E-state index contributed by atoms with van der Waals surface area (Å²) in [4.78, 5) is 12.9. The Morgan fingerprint density at radius 3 is 2.16 bits per heavy atom. The molecule has 6 atom stereocenters. The standard InChI is InChI=1S/C30H48O2/c1-25(2)14-16-30(19-31)17-15-28(6)20(21(30)18-25)8-9-23-27(5)12-11-24(32)26(3,4)22(27)10-13-29(23,28)7/h22-23,31H,8-19H2,1-7H3/t22-,23+,27+,28+,29+,30+/m0/s1. The van der Waals surface area contributed by atoms with Gasteiger partial charge in [-0.25, -0.2) is 0 Å². The van der Waals surface area contributed by atoms with Crippen LogP contribution in [0.2, 0.25) is 0 Å². The molecule has 4 saturated carbocycles. The topological polar surface area (TPSA) is 37.3 Å². The van der Waals surface area contributed by atoms with Crippen LogP contribution in [0.4, 0.5) is 0 Å². The van der Waals surface area contributed by atoms with E-state index in [0.29, 0.717) is 35.1 Å². The van der Waals surface area contributed by atoms with Crippen LogP contribution in [-0.2, 0) is 4.79 Å². The molecule has 0 spiro atoms. The summed E-state index contributed by atoms with van der Waals surface area (Å²) >= 11 is 0. The van der Waals surface area contributed by atoms with Crippen LogP contribution in [0.15, 0.2) is 11.1 Å². The lowest BCUT2D eigenvalue weighted by atomic mass is 9.34. The highest BCUT2D eigenvalue weighted by molar-refractivity contribution is 5.85. The van der Waals surface area contributed by atoms with E-state index in [-0.39, 0.29) is 21.7 Å². The van der Waals surface area contributed by atoms with Crippen molar-refractivity contribution < 1.29 is 9.90 Å². The van der Waals surface area contributed by atoms with E-state index in [4.69, 9.17) is 0 Å². The van der Waals surface area contributed by atoms with Gasteiger partial charge in [0, 0.05) is 17.3 Å². The molecule has 0 aliphatic heterocycles. The van der Waals surface area contributed by atoms with Crippen LogP contribution in [0, 0.1) is 44.3 Å². The van der Waals surface area contributed by atoms with Crippen LogP contribution in [0.3, 0.4) is 0 Å². The Hall–Kier alpha value is -0.630. The number of aliphatic hydroxyl groups is 1. The molecule has 0 aromatic heterocycles. The van der Waals surface area contributed by atoms with Gasteiger partial charge < -0.3 is 5.11 Å². The summed E-state index contributed by atoms with van der Waals surface area (Å²) in [7, 11) is 0.